The number of imide groups is 1. The molecule has 0 radical (unpaired) electrons. The molecule has 5 rings (SSSR count). The lowest BCUT2D eigenvalue weighted by Crippen LogP contribution is -2.71. The molecule has 3 heterocycles. The first-order valence-corrected chi connectivity index (χ1v) is 15.4. The minimum atomic E-state index is -4.44. The molecule has 0 saturated carbocycles. The summed E-state index contributed by atoms with van der Waals surface area (Å²) in [5, 5.41) is 55.7. The van der Waals surface area contributed by atoms with Crippen molar-refractivity contribution in [3.63, 3.8) is 0 Å². The Bertz CT molecular complexity index is 1520. The second-order valence-corrected chi connectivity index (χ2v) is 12.8. The standard InChI is InChI=1S/C29H34N2O13S/c1-17-7-9-19(10-8-17)45(39,40)42-16-29(15-33)25(41-14-18-5-3-2-4-6-18)24(37)27(44-29)31(12-11-21(34)30-28(31)38)26-23(36)22(35)20(13-32)43-26/h2-12,20,22-27,32-33,35-37H,13-16H2,1H3/p+1/t20-,22-,23-,24-,25+,26-,27?,29+,31?/m1/s1. The maximum absolute atomic E-state index is 13.6. The molecule has 2 fully saturated rings. The second-order valence-electron chi connectivity index (χ2n) is 11.1. The van der Waals surface area contributed by atoms with Crippen LogP contribution in [0.15, 0.2) is 71.8 Å². The Kier molecular flexibility index (Phi) is 9.55. The van der Waals surface area contributed by atoms with Gasteiger partial charge in [-0.25, -0.2) is 10.1 Å². The SMILES string of the molecule is Cc1ccc(S(=O)(=O)OC[C@]2(CO)OC([N+]3([C@@H]4O[C@H](CO)[C@@H](O)[C@H]4O)C=CC(=O)NC3=O)[C@H](O)[C@@H]2OCc2ccccc2)cc1. The molecule has 0 aliphatic carbocycles. The Hall–Kier alpha value is -3.13. The van der Waals surface area contributed by atoms with Gasteiger partial charge < -0.3 is 39.7 Å². The van der Waals surface area contributed by atoms with E-state index >= 15 is 0 Å². The highest BCUT2D eigenvalue weighted by atomic mass is 32.2. The summed E-state index contributed by atoms with van der Waals surface area (Å²) in [6.45, 7) is -1.01. The van der Waals surface area contributed by atoms with E-state index in [9.17, 15) is 43.5 Å². The van der Waals surface area contributed by atoms with Crippen LogP contribution in [-0.4, -0.2) is 119 Å². The first kappa shape index (κ1) is 33.2. The molecule has 3 amide bonds. The van der Waals surface area contributed by atoms with E-state index in [-0.39, 0.29) is 11.5 Å². The van der Waals surface area contributed by atoms with Crippen molar-refractivity contribution in [1.29, 1.82) is 0 Å². The lowest BCUT2D eigenvalue weighted by atomic mass is 9.96. The summed E-state index contributed by atoms with van der Waals surface area (Å²) in [5.41, 5.74) is -0.706. The zero-order valence-electron chi connectivity index (χ0n) is 24.1. The average molecular weight is 652 g/mol. The molecule has 2 aromatic rings. The predicted octanol–water partition coefficient (Wildman–Crippen LogP) is -1.25. The van der Waals surface area contributed by atoms with E-state index in [1.165, 1.54) is 12.1 Å². The number of carbonyl (C=O) groups excluding carboxylic acids is 2. The molecule has 9 atom stereocenters. The molecular weight excluding hydrogens is 616 g/mol. The summed E-state index contributed by atoms with van der Waals surface area (Å²) in [6, 6.07) is 13.3. The van der Waals surface area contributed by atoms with Gasteiger partial charge >= 0.3 is 6.03 Å². The number of nitrogens with zero attached hydrogens (tertiary/aromatic N) is 1. The molecule has 16 heteroatoms. The minimum absolute atomic E-state index is 0.153. The van der Waals surface area contributed by atoms with Gasteiger partial charge in [-0.3, -0.25) is 8.98 Å². The molecule has 0 bridgehead atoms. The van der Waals surface area contributed by atoms with Gasteiger partial charge in [-0.15, -0.1) is 0 Å². The molecule has 244 valence electrons. The Labute approximate surface area is 258 Å². The molecule has 3 aliphatic heterocycles. The van der Waals surface area contributed by atoms with Crippen LogP contribution in [0.4, 0.5) is 4.79 Å². The van der Waals surface area contributed by atoms with Crippen molar-refractivity contribution >= 4 is 22.1 Å². The number of nitrogens with one attached hydrogen (secondary N) is 1. The van der Waals surface area contributed by atoms with E-state index in [1.807, 2.05) is 0 Å². The van der Waals surface area contributed by atoms with Gasteiger partial charge in [-0.05, 0) is 24.6 Å². The summed E-state index contributed by atoms with van der Waals surface area (Å²) < 4.78 is 48.2. The van der Waals surface area contributed by atoms with Crippen LogP contribution < -0.4 is 5.32 Å². The van der Waals surface area contributed by atoms with Crippen molar-refractivity contribution in [2.45, 2.75) is 67.0 Å². The number of hydrogen-bond acceptors (Lipinski definition) is 13. The summed E-state index contributed by atoms with van der Waals surface area (Å²) in [7, 11) is -4.44. The second kappa shape index (κ2) is 12.9. The highest BCUT2D eigenvalue weighted by Crippen LogP contribution is 2.44. The Morgan fingerprint density at radius 2 is 1.64 bits per heavy atom. The Balaban J connectivity index is 1.55. The average Bonchev–Trinajstić information content (AvgIpc) is 3.48. The van der Waals surface area contributed by atoms with Crippen molar-refractivity contribution in [2.24, 2.45) is 0 Å². The molecule has 2 saturated heterocycles. The van der Waals surface area contributed by atoms with Crippen molar-refractivity contribution in [2.75, 3.05) is 19.8 Å². The van der Waals surface area contributed by atoms with Crippen LogP contribution in [0.25, 0.3) is 0 Å². The number of benzene rings is 2. The number of aliphatic hydroxyl groups is 5. The largest absolute Gasteiger partial charge is 0.432 e. The zero-order valence-corrected chi connectivity index (χ0v) is 24.9. The minimum Gasteiger partial charge on any atom is -0.394 e. The molecular formula is C29H35N2O13S+. The number of carbonyl (C=O) groups is 2. The summed E-state index contributed by atoms with van der Waals surface area (Å²) in [5.74, 6) is -0.842. The van der Waals surface area contributed by atoms with Crippen molar-refractivity contribution in [3.8, 4) is 0 Å². The van der Waals surface area contributed by atoms with Gasteiger partial charge in [-0.1, -0.05) is 48.0 Å². The highest BCUT2D eigenvalue weighted by molar-refractivity contribution is 7.86. The smallest absolute Gasteiger partial charge is 0.394 e. The number of quaternary nitrogens is 1. The van der Waals surface area contributed by atoms with Crippen LogP contribution in [0.3, 0.4) is 0 Å². The monoisotopic (exact) mass is 651 g/mol. The van der Waals surface area contributed by atoms with Gasteiger partial charge in [0, 0.05) is 0 Å². The number of hydrogen-bond donors (Lipinski definition) is 6. The lowest BCUT2D eigenvalue weighted by molar-refractivity contribution is -0.905. The van der Waals surface area contributed by atoms with Gasteiger partial charge in [0.2, 0.25) is 12.5 Å². The molecule has 2 aromatic carbocycles. The first-order chi connectivity index (χ1) is 21.4. The van der Waals surface area contributed by atoms with Crippen LogP contribution in [0.5, 0.6) is 0 Å². The molecule has 3 aliphatic rings. The van der Waals surface area contributed by atoms with E-state index in [0.29, 0.717) is 5.56 Å². The van der Waals surface area contributed by atoms with Gasteiger partial charge in [0.05, 0.1) is 30.8 Å². The lowest BCUT2D eigenvalue weighted by Gasteiger charge is -2.43. The number of amides is 3. The van der Waals surface area contributed by atoms with Crippen molar-refractivity contribution < 1.29 is 66.4 Å². The maximum atomic E-state index is 13.6. The number of urea groups is 1. The van der Waals surface area contributed by atoms with E-state index in [2.05, 4.69) is 5.32 Å². The topological polar surface area (TPSA) is 218 Å². The number of aliphatic hydroxyl groups excluding tert-OH is 5. The molecule has 2 unspecified atom stereocenters. The molecule has 0 aromatic heterocycles. The number of ether oxygens (including phenoxy) is 3. The van der Waals surface area contributed by atoms with E-state index in [0.717, 1.165) is 17.8 Å². The number of rotatable bonds is 11. The third-order valence-corrected chi connectivity index (χ3v) is 9.48. The quantitative estimate of drug-likeness (QED) is 0.124. The summed E-state index contributed by atoms with van der Waals surface area (Å²) >= 11 is 0. The van der Waals surface area contributed by atoms with Gasteiger partial charge in [-0.2, -0.15) is 12.9 Å². The molecule has 0 spiro atoms. The molecule has 45 heavy (non-hydrogen) atoms. The summed E-state index contributed by atoms with van der Waals surface area (Å²) in [4.78, 5) is 25.6. The van der Waals surface area contributed by atoms with Gasteiger partial charge in [0.15, 0.2) is 17.8 Å². The van der Waals surface area contributed by atoms with Gasteiger partial charge in [0.25, 0.3) is 16.0 Å². The normalized spacial score (nSPS) is 35.1. The van der Waals surface area contributed by atoms with Crippen LogP contribution in [-0.2, 0) is 39.9 Å². The van der Waals surface area contributed by atoms with Crippen LogP contribution in [0, 0.1) is 6.92 Å². The highest BCUT2D eigenvalue weighted by Gasteiger charge is 2.70. The third kappa shape index (κ3) is 6.07. The molecule has 15 nitrogen and oxygen atoms in total. The fourth-order valence-corrected chi connectivity index (χ4v) is 6.67. The van der Waals surface area contributed by atoms with Gasteiger partial charge in [0.1, 0.15) is 31.1 Å². The van der Waals surface area contributed by atoms with Crippen LogP contribution >= 0.6 is 0 Å². The Morgan fingerprint density at radius 1 is 0.956 bits per heavy atom. The van der Waals surface area contributed by atoms with Crippen molar-refractivity contribution in [3.05, 3.63) is 78.0 Å². The third-order valence-electron chi connectivity index (χ3n) is 8.20. The van der Waals surface area contributed by atoms with E-state index < -0.39 is 94.9 Å². The number of aryl methyl sites for hydroxylation is 1. The first-order valence-electron chi connectivity index (χ1n) is 14.0. The van der Waals surface area contributed by atoms with E-state index in [4.69, 9.17) is 18.4 Å². The van der Waals surface area contributed by atoms with Crippen LogP contribution in [0.1, 0.15) is 11.1 Å². The zero-order chi connectivity index (χ0) is 32.6. The predicted molar refractivity (Wildman–Crippen MR) is 151 cm³/mol. The van der Waals surface area contributed by atoms with Crippen LogP contribution in [0.2, 0.25) is 0 Å². The fraction of sp³-hybridized carbons (Fsp3) is 0.448. The summed E-state index contributed by atoms with van der Waals surface area (Å²) in [6.07, 6.45) is -9.98. The Morgan fingerprint density at radius 3 is 2.24 bits per heavy atom. The van der Waals surface area contributed by atoms with E-state index in [1.54, 1.807) is 49.4 Å². The van der Waals surface area contributed by atoms with Crippen molar-refractivity contribution in [1.82, 2.24) is 5.32 Å². The maximum Gasteiger partial charge on any atom is 0.432 e. The fourth-order valence-electron chi connectivity index (χ4n) is 5.71. The molecule has 6 N–H and O–H groups in total.